The SMILES string of the molecule is CN=C(NCC(=O)NC(C)(C)C)NCc1cccnc1OCC(F)(F)F. The second-order valence-electron chi connectivity index (χ2n) is 6.45. The maximum Gasteiger partial charge on any atom is 0.422 e. The summed E-state index contributed by atoms with van der Waals surface area (Å²) < 4.78 is 41.6. The lowest BCUT2D eigenvalue weighted by Gasteiger charge is -2.21. The zero-order valence-electron chi connectivity index (χ0n) is 15.2. The number of amides is 1. The molecule has 1 heterocycles. The molecule has 146 valence electrons. The molecule has 1 aromatic heterocycles. The van der Waals surface area contributed by atoms with Crippen molar-refractivity contribution in [3.05, 3.63) is 23.9 Å². The van der Waals surface area contributed by atoms with Crippen molar-refractivity contribution < 1.29 is 22.7 Å². The smallest absolute Gasteiger partial charge is 0.422 e. The summed E-state index contributed by atoms with van der Waals surface area (Å²) in [6.07, 6.45) is -3.10. The summed E-state index contributed by atoms with van der Waals surface area (Å²) in [5, 5.41) is 8.51. The normalized spacial score (nSPS) is 12.5. The number of hydrogen-bond acceptors (Lipinski definition) is 4. The van der Waals surface area contributed by atoms with Crippen molar-refractivity contribution >= 4 is 11.9 Å². The predicted molar refractivity (Wildman–Crippen MR) is 91.9 cm³/mol. The number of carbonyl (C=O) groups excluding carboxylic acids is 1. The van der Waals surface area contributed by atoms with Crippen molar-refractivity contribution in [2.45, 2.75) is 39.0 Å². The van der Waals surface area contributed by atoms with E-state index in [0.29, 0.717) is 11.5 Å². The molecule has 7 nitrogen and oxygen atoms in total. The zero-order chi connectivity index (χ0) is 19.8. The minimum Gasteiger partial charge on any atom is -0.468 e. The van der Waals surface area contributed by atoms with Gasteiger partial charge in [-0.1, -0.05) is 6.07 Å². The molecule has 0 bridgehead atoms. The van der Waals surface area contributed by atoms with Crippen LogP contribution in [0.15, 0.2) is 23.3 Å². The minimum absolute atomic E-state index is 0.00140. The van der Waals surface area contributed by atoms with Crippen LogP contribution >= 0.6 is 0 Å². The number of aromatic nitrogens is 1. The molecule has 10 heteroatoms. The van der Waals surface area contributed by atoms with E-state index in [1.165, 1.54) is 13.2 Å². The lowest BCUT2D eigenvalue weighted by Crippen LogP contribution is -2.48. The number of hydrogen-bond donors (Lipinski definition) is 3. The van der Waals surface area contributed by atoms with E-state index < -0.39 is 12.8 Å². The molecule has 0 aliphatic rings. The first-order chi connectivity index (χ1) is 12.0. The largest absolute Gasteiger partial charge is 0.468 e. The average molecular weight is 375 g/mol. The molecule has 1 aromatic rings. The van der Waals surface area contributed by atoms with Gasteiger partial charge in [-0.25, -0.2) is 4.98 Å². The molecule has 0 saturated carbocycles. The van der Waals surface area contributed by atoms with Crippen molar-refractivity contribution in [1.29, 1.82) is 0 Å². The van der Waals surface area contributed by atoms with Crippen molar-refractivity contribution in [3.8, 4) is 5.88 Å². The molecule has 0 aliphatic heterocycles. The maximum absolute atomic E-state index is 12.3. The van der Waals surface area contributed by atoms with Gasteiger partial charge in [0.15, 0.2) is 12.6 Å². The number of pyridine rings is 1. The van der Waals surface area contributed by atoms with Crippen LogP contribution in [0, 0.1) is 0 Å². The molecular weight excluding hydrogens is 351 g/mol. The third kappa shape index (κ3) is 9.09. The fourth-order valence-electron chi connectivity index (χ4n) is 1.86. The summed E-state index contributed by atoms with van der Waals surface area (Å²) in [5.74, 6) is -0.00559. The van der Waals surface area contributed by atoms with Gasteiger partial charge in [0.25, 0.3) is 0 Å². The van der Waals surface area contributed by atoms with E-state index in [4.69, 9.17) is 4.74 Å². The first kappa shape index (κ1) is 21.5. The highest BCUT2D eigenvalue weighted by Gasteiger charge is 2.29. The summed E-state index contributed by atoms with van der Waals surface area (Å²) >= 11 is 0. The Hall–Kier alpha value is -2.52. The third-order valence-corrected chi connectivity index (χ3v) is 2.82. The first-order valence-electron chi connectivity index (χ1n) is 7.89. The van der Waals surface area contributed by atoms with E-state index in [1.54, 1.807) is 12.1 Å². The Morgan fingerprint density at radius 3 is 2.54 bits per heavy atom. The molecule has 1 rings (SSSR count). The Bertz CT molecular complexity index is 627. The number of alkyl halides is 3. The van der Waals surface area contributed by atoms with Crippen molar-refractivity contribution in [1.82, 2.24) is 20.9 Å². The maximum atomic E-state index is 12.3. The van der Waals surface area contributed by atoms with E-state index in [1.807, 2.05) is 20.8 Å². The van der Waals surface area contributed by atoms with E-state index in [-0.39, 0.29) is 30.4 Å². The van der Waals surface area contributed by atoms with Gasteiger partial charge in [-0.2, -0.15) is 13.2 Å². The molecule has 0 spiro atoms. The van der Waals surface area contributed by atoms with Gasteiger partial charge in [0, 0.05) is 30.9 Å². The number of carbonyl (C=O) groups is 1. The van der Waals surface area contributed by atoms with Gasteiger partial charge >= 0.3 is 6.18 Å². The number of aliphatic imine (C=N–C) groups is 1. The fraction of sp³-hybridized carbons (Fsp3) is 0.562. The highest BCUT2D eigenvalue weighted by Crippen LogP contribution is 2.19. The summed E-state index contributed by atoms with van der Waals surface area (Å²) in [7, 11) is 1.52. The van der Waals surface area contributed by atoms with Crippen molar-refractivity contribution in [2.24, 2.45) is 4.99 Å². The first-order valence-corrected chi connectivity index (χ1v) is 7.89. The van der Waals surface area contributed by atoms with Gasteiger partial charge in [0.2, 0.25) is 11.8 Å². The number of nitrogens with zero attached hydrogens (tertiary/aromatic N) is 2. The van der Waals surface area contributed by atoms with Gasteiger partial charge in [-0.15, -0.1) is 0 Å². The predicted octanol–water partition coefficient (Wildman–Crippen LogP) is 1.60. The number of guanidine groups is 1. The lowest BCUT2D eigenvalue weighted by atomic mass is 10.1. The van der Waals surface area contributed by atoms with Gasteiger partial charge in [0.05, 0.1) is 6.54 Å². The summed E-state index contributed by atoms with van der Waals surface area (Å²) in [4.78, 5) is 19.6. The van der Waals surface area contributed by atoms with Crippen LogP contribution in [-0.4, -0.2) is 48.8 Å². The zero-order valence-corrected chi connectivity index (χ0v) is 15.2. The Morgan fingerprint density at radius 2 is 1.96 bits per heavy atom. The Labute approximate surface area is 150 Å². The van der Waals surface area contributed by atoms with Crippen LogP contribution in [-0.2, 0) is 11.3 Å². The second kappa shape index (κ2) is 9.25. The molecule has 0 atom stereocenters. The average Bonchev–Trinajstić information content (AvgIpc) is 2.51. The molecule has 0 saturated heterocycles. The van der Waals surface area contributed by atoms with E-state index in [0.717, 1.165) is 0 Å². The van der Waals surface area contributed by atoms with Crippen molar-refractivity contribution in [3.63, 3.8) is 0 Å². The highest BCUT2D eigenvalue weighted by molar-refractivity contribution is 5.86. The molecule has 0 fully saturated rings. The Morgan fingerprint density at radius 1 is 1.27 bits per heavy atom. The van der Waals surface area contributed by atoms with Crippen molar-refractivity contribution in [2.75, 3.05) is 20.2 Å². The third-order valence-electron chi connectivity index (χ3n) is 2.82. The van der Waals surface area contributed by atoms with Crippen LogP contribution in [0.4, 0.5) is 13.2 Å². The molecular formula is C16H24F3N5O2. The van der Waals surface area contributed by atoms with Gasteiger partial charge < -0.3 is 20.7 Å². The quantitative estimate of drug-likeness (QED) is 0.519. The summed E-state index contributed by atoms with van der Waals surface area (Å²) in [6, 6.07) is 3.18. The van der Waals surface area contributed by atoms with E-state index in [9.17, 15) is 18.0 Å². The van der Waals surface area contributed by atoms with E-state index in [2.05, 4.69) is 25.9 Å². The van der Waals surface area contributed by atoms with Crippen LogP contribution in [0.5, 0.6) is 5.88 Å². The molecule has 26 heavy (non-hydrogen) atoms. The topological polar surface area (TPSA) is 87.6 Å². The molecule has 1 amide bonds. The molecule has 0 unspecified atom stereocenters. The summed E-state index contributed by atoms with van der Waals surface area (Å²) in [6.45, 7) is 4.30. The molecule has 0 radical (unpaired) electrons. The van der Waals surface area contributed by atoms with Crippen LogP contribution in [0.1, 0.15) is 26.3 Å². The molecule has 0 aliphatic carbocycles. The summed E-state index contributed by atoms with van der Waals surface area (Å²) in [5.41, 5.74) is 0.0784. The number of ether oxygens (including phenoxy) is 1. The number of nitrogens with one attached hydrogen (secondary N) is 3. The van der Waals surface area contributed by atoms with Crippen LogP contribution in [0.3, 0.4) is 0 Å². The lowest BCUT2D eigenvalue weighted by molar-refractivity contribution is -0.154. The number of rotatable bonds is 6. The van der Waals surface area contributed by atoms with Crippen LogP contribution in [0.25, 0.3) is 0 Å². The Kier molecular flexibility index (Phi) is 7.66. The molecule has 3 N–H and O–H groups in total. The van der Waals surface area contributed by atoms with Gasteiger partial charge in [-0.05, 0) is 26.8 Å². The van der Waals surface area contributed by atoms with Gasteiger partial charge in [0.1, 0.15) is 0 Å². The minimum atomic E-state index is -4.44. The van der Waals surface area contributed by atoms with Crippen LogP contribution in [0.2, 0.25) is 0 Å². The Balaban J connectivity index is 2.57. The monoisotopic (exact) mass is 375 g/mol. The standard InChI is InChI=1S/C16H24F3N5O2/c1-15(2,3)24-12(25)9-23-14(20-4)22-8-11-6-5-7-21-13(11)26-10-16(17,18)19/h5-7H,8-10H2,1-4H3,(H,24,25)(H2,20,22,23). The van der Waals surface area contributed by atoms with E-state index >= 15 is 0 Å². The van der Waals surface area contributed by atoms with Gasteiger partial charge in [-0.3, -0.25) is 9.79 Å². The number of halogens is 3. The van der Waals surface area contributed by atoms with Crippen LogP contribution < -0.4 is 20.7 Å². The fourth-order valence-corrected chi connectivity index (χ4v) is 1.86. The second-order valence-corrected chi connectivity index (χ2v) is 6.45. The molecule has 0 aromatic carbocycles. The highest BCUT2D eigenvalue weighted by atomic mass is 19.4.